The van der Waals surface area contributed by atoms with Gasteiger partial charge in [0, 0.05) is 12.6 Å². The molecule has 0 bridgehead atoms. The van der Waals surface area contributed by atoms with E-state index in [1.165, 1.54) is 7.05 Å². The average molecular weight is 305 g/mol. The van der Waals surface area contributed by atoms with E-state index in [0.29, 0.717) is 5.56 Å². The maximum Gasteiger partial charge on any atom is 0.326 e. The van der Waals surface area contributed by atoms with Gasteiger partial charge in [-0.15, -0.1) is 0 Å². The standard InChI is InChI=1S/C12H11N5O3S/c1-17-11-9(10(13)16-21(17,19)20)14-8(12(18)15-11)7-5-3-2-4-6-7/h2-6,16H,13H2,1H3. The molecule has 0 saturated heterocycles. The van der Waals surface area contributed by atoms with Gasteiger partial charge in [-0.3, -0.25) is 9.52 Å². The van der Waals surface area contributed by atoms with E-state index in [9.17, 15) is 13.2 Å². The highest BCUT2D eigenvalue weighted by Crippen LogP contribution is 2.21. The van der Waals surface area contributed by atoms with Crippen LogP contribution >= 0.6 is 0 Å². The van der Waals surface area contributed by atoms with Crippen LogP contribution in [0.3, 0.4) is 0 Å². The number of benzene rings is 1. The first-order valence-electron chi connectivity index (χ1n) is 5.94. The Bertz CT molecular complexity index is 824. The largest absolute Gasteiger partial charge is 0.383 e. The number of likely N-dealkylation sites (N-methyl/N-ethyl adjacent to an activating group) is 1. The Kier molecular flexibility index (Phi) is 2.80. The number of amidine groups is 1. The van der Waals surface area contributed by atoms with Crippen molar-refractivity contribution in [1.82, 2.24) is 9.03 Å². The number of rotatable bonds is 1. The predicted molar refractivity (Wildman–Crippen MR) is 76.5 cm³/mol. The second-order valence-corrected chi connectivity index (χ2v) is 6.11. The molecule has 0 unspecified atom stereocenters. The normalized spacial score (nSPS) is 20.4. The second-order valence-electron chi connectivity index (χ2n) is 4.40. The highest BCUT2D eigenvalue weighted by molar-refractivity contribution is 7.87. The van der Waals surface area contributed by atoms with Crippen LogP contribution in [0.2, 0.25) is 0 Å². The summed E-state index contributed by atoms with van der Waals surface area (Å²) in [5.41, 5.74) is 6.51. The van der Waals surface area contributed by atoms with Crippen LogP contribution in [0, 0.1) is 0 Å². The molecular weight excluding hydrogens is 294 g/mol. The zero-order valence-corrected chi connectivity index (χ0v) is 11.8. The topological polar surface area (TPSA) is 117 Å². The van der Waals surface area contributed by atoms with Gasteiger partial charge in [0.25, 0.3) is 5.91 Å². The van der Waals surface area contributed by atoms with E-state index in [-0.39, 0.29) is 23.1 Å². The number of carbonyl (C=O) groups is 1. The second kappa shape index (κ2) is 4.42. The van der Waals surface area contributed by atoms with E-state index < -0.39 is 16.1 Å². The molecule has 0 fully saturated rings. The summed E-state index contributed by atoms with van der Waals surface area (Å²) in [4.78, 5) is 20.1. The molecule has 9 heteroatoms. The Morgan fingerprint density at radius 1 is 1.19 bits per heavy atom. The summed E-state index contributed by atoms with van der Waals surface area (Å²) in [7, 11) is -2.57. The Morgan fingerprint density at radius 2 is 1.86 bits per heavy atom. The zero-order valence-electron chi connectivity index (χ0n) is 10.9. The van der Waals surface area contributed by atoms with Crippen molar-refractivity contribution in [2.45, 2.75) is 0 Å². The minimum atomic E-state index is -3.84. The lowest BCUT2D eigenvalue weighted by Gasteiger charge is -2.29. The highest BCUT2D eigenvalue weighted by Gasteiger charge is 2.36. The Labute approximate surface area is 120 Å². The number of aliphatic imine (C=N–C) groups is 2. The molecule has 0 aliphatic carbocycles. The summed E-state index contributed by atoms with van der Waals surface area (Å²) in [6.07, 6.45) is 0. The van der Waals surface area contributed by atoms with E-state index >= 15 is 0 Å². The van der Waals surface area contributed by atoms with E-state index in [4.69, 9.17) is 5.73 Å². The number of hydrogen-bond donors (Lipinski definition) is 2. The van der Waals surface area contributed by atoms with Gasteiger partial charge in [0.2, 0.25) is 0 Å². The molecule has 1 aromatic carbocycles. The summed E-state index contributed by atoms with van der Waals surface area (Å²) in [5.74, 6) is -0.861. The van der Waals surface area contributed by atoms with Crippen LogP contribution in [0.4, 0.5) is 0 Å². The molecule has 1 amide bonds. The van der Waals surface area contributed by atoms with Crippen molar-refractivity contribution < 1.29 is 13.2 Å². The van der Waals surface area contributed by atoms with Gasteiger partial charge in [0.1, 0.15) is 17.2 Å². The molecule has 0 atom stereocenters. The molecule has 21 heavy (non-hydrogen) atoms. The quantitative estimate of drug-likeness (QED) is 0.715. The third-order valence-corrected chi connectivity index (χ3v) is 4.42. The first-order chi connectivity index (χ1) is 9.90. The fraction of sp³-hybridized carbons (Fsp3) is 0.0833. The average Bonchev–Trinajstić information content (AvgIpc) is 2.45. The van der Waals surface area contributed by atoms with E-state index in [0.717, 1.165) is 4.31 Å². The first kappa shape index (κ1) is 13.3. The van der Waals surface area contributed by atoms with Crippen LogP contribution in [-0.2, 0) is 15.0 Å². The van der Waals surface area contributed by atoms with Gasteiger partial charge in [-0.05, 0) is 0 Å². The fourth-order valence-electron chi connectivity index (χ4n) is 1.97. The molecule has 8 nitrogen and oxygen atoms in total. The Balaban J connectivity index is 2.17. The van der Waals surface area contributed by atoms with Crippen LogP contribution in [0.1, 0.15) is 5.56 Å². The molecule has 0 saturated carbocycles. The lowest BCUT2D eigenvalue weighted by Crippen LogP contribution is -2.50. The van der Waals surface area contributed by atoms with E-state index in [1.807, 2.05) is 6.07 Å². The van der Waals surface area contributed by atoms with Crippen molar-refractivity contribution in [3.05, 3.63) is 47.4 Å². The maximum atomic E-state index is 12.1. The van der Waals surface area contributed by atoms with E-state index in [2.05, 4.69) is 14.7 Å². The van der Waals surface area contributed by atoms with Crippen molar-refractivity contribution in [3.8, 4) is 0 Å². The number of hydrogen-bond acceptors (Lipinski definition) is 5. The van der Waals surface area contributed by atoms with Crippen LogP contribution < -0.4 is 10.5 Å². The summed E-state index contributed by atoms with van der Waals surface area (Å²) in [6.45, 7) is 0. The van der Waals surface area contributed by atoms with Gasteiger partial charge in [-0.25, -0.2) is 9.30 Å². The Hall–Kier alpha value is -2.68. The lowest BCUT2D eigenvalue weighted by molar-refractivity contribution is -0.111. The number of carbonyl (C=O) groups excluding carboxylic acids is 1. The van der Waals surface area contributed by atoms with Crippen molar-refractivity contribution in [2.75, 3.05) is 7.05 Å². The molecule has 2 heterocycles. The molecule has 108 valence electrons. The SMILES string of the molecule is CN1C2=NC(=O)C(c3ccccc3)=NC2=C(N)NS1(=O)=O. The van der Waals surface area contributed by atoms with Gasteiger partial charge >= 0.3 is 10.2 Å². The summed E-state index contributed by atoms with van der Waals surface area (Å²) in [6, 6.07) is 8.76. The van der Waals surface area contributed by atoms with Crippen LogP contribution in [0.15, 0.2) is 51.8 Å². The maximum absolute atomic E-state index is 12.1. The number of nitrogens with two attached hydrogens (primary N) is 1. The van der Waals surface area contributed by atoms with Crippen LogP contribution in [-0.4, -0.2) is 37.2 Å². The summed E-state index contributed by atoms with van der Waals surface area (Å²) >= 11 is 0. The molecule has 2 aliphatic rings. The fourth-order valence-corrected chi connectivity index (χ4v) is 2.83. The van der Waals surface area contributed by atoms with Gasteiger partial charge in [-0.1, -0.05) is 30.3 Å². The summed E-state index contributed by atoms with van der Waals surface area (Å²) in [5, 5.41) is 0. The highest BCUT2D eigenvalue weighted by atomic mass is 32.2. The first-order valence-corrected chi connectivity index (χ1v) is 7.38. The van der Waals surface area contributed by atoms with Crippen LogP contribution in [0.25, 0.3) is 0 Å². The molecule has 0 spiro atoms. The third-order valence-electron chi connectivity index (χ3n) is 3.05. The summed E-state index contributed by atoms with van der Waals surface area (Å²) < 4.78 is 26.5. The minimum absolute atomic E-state index is 0.0871. The number of amides is 1. The van der Waals surface area contributed by atoms with Gasteiger partial charge < -0.3 is 5.73 Å². The molecule has 3 N–H and O–H groups in total. The predicted octanol–water partition coefficient (Wildman–Crippen LogP) is -0.678. The Morgan fingerprint density at radius 3 is 2.52 bits per heavy atom. The number of nitrogens with one attached hydrogen (secondary N) is 1. The molecular formula is C12H11N5O3S. The molecule has 0 aromatic heterocycles. The molecule has 2 aliphatic heterocycles. The van der Waals surface area contributed by atoms with Gasteiger partial charge in [0.15, 0.2) is 5.84 Å². The lowest BCUT2D eigenvalue weighted by atomic mass is 10.1. The van der Waals surface area contributed by atoms with Crippen molar-refractivity contribution in [2.24, 2.45) is 15.7 Å². The minimum Gasteiger partial charge on any atom is -0.383 e. The van der Waals surface area contributed by atoms with Gasteiger partial charge in [-0.2, -0.15) is 13.4 Å². The van der Waals surface area contributed by atoms with Crippen LogP contribution in [0.5, 0.6) is 0 Å². The smallest absolute Gasteiger partial charge is 0.326 e. The number of fused-ring (bicyclic) bond motifs is 1. The van der Waals surface area contributed by atoms with Crippen molar-refractivity contribution in [1.29, 1.82) is 0 Å². The molecule has 3 rings (SSSR count). The van der Waals surface area contributed by atoms with Crippen molar-refractivity contribution in [3.63, 3.8) is 0 Å². The van der Waals surface area contributed by atoms with E-state index in [1.54, 1.807) is 24.3 Å². The van der Waals surface area contributed by atoms with Gasteiger partial charge in [0.05, 0.1) is 0 Å². The monoisotopic (exact) mass is 305 g/mol. The number of nitrogens with zero attached hydrogens (tertiary/aromatic N) is 3. The zero-order chi connectivity index (χ0) is 15.2. The van der Waals surface area contributed by atoms with Crippen molar-refractivity contribution >= 4 is 27.7 Å². The molecule has 1 aromatic rings. The third kappa shape index (κ3) is 2.07. The molecule has 0 radical (unpaired) electrons.